The standard InChI is InChI=1S/C8H10F2N2O3/c1-3-14-7(13)8(9,10)15-6-4-11-12(2)5-6/h4-5H,3H2,1-2H3. The molecule has 0 unspecified atom stereocenters. The number of rotatable bonds is 4. The summed E-state index contributed by atoms with van der Waals surface area (Å²) in [5.41, 5.74) is 0. The third-order valence-corrected chi connectivity index (χ3v) is 1.44. The first kappa shape index (κ1) is 11.4. The summed E-state index contributed by atoms with van der Waals surface area (Å²) in [5, 5.41) is 3.61. The zero-order valence-electron chi connectivity index (χ0n) is 8.24. The van der Waals surface area contributed by atoms with Crippen molar-refractivity contribution in [3.63, 3.8) is 0 Å². The third-order valence-electron chi connectivity index (χ3n) is 1.44. The van der Waals surface area contributed by atoms with E-state index in [0.717, 1.165) is 6.20 Å². The Hall–Kier alpha value is -1.66. The SMILES string of the molecule is CCOC(=O)C(F)(F)Oc1cnn(C)c1. The molecule has 0 bridgehead atoms. The highest BCUT2D eigenvalue weighted by Gasteiger charge is 2.44. The number of esters is 1. The van der Waals surface area contributed by atoms with Gasteiger partial charge in [-0.2, -0.15) is 13.9 Å². The molecule has 1 rings (SSSR count). The second-order valence-corrected chi connectivity index (χ2v) is 2.69. The van der Waals surface area contributed by atoms with E-state index >= 15 is 0 Å². The van der Waals surface area contributed by atoms with Crippen molar-refractivity contribution >= 4 is 5.97 Å². The van der Waals surface area contributed by atoms with Crippen molar-refractivity contribution in [2.75, 3.05) is 6.61 Å². The van der Waals surface area contributed by atoms with E-state index in [9.17, 15) is 13.6 Å². The van der Waals surface area contributed by atoms with E-state index in [1.807, 2.05) is 0 Å². The smallest absolute Gasteiger partial charge is 0.459 e. The summed E-state index contributed by atoms with van der Waals surface area (Å²) >= 11 is 0. The molecule has 0 N–H and O–H groups in total. The molecule has 84 valence electrons. The van der Waals surface area contributed by atoms with Gasteiger partial charge in [0.05, 0.1) is 19.0 Å². The number of carbonyl (C=O) groups excluding carboxylic acids is 1. The maximum absolute atomic E-state index is 13.0. The number of nitrogens with zero attached hydrogens (tertiary/aromatic N) is 2. The Balaban J connectivity index is 2.67. The molecule has 1 aromatic rings. The molecule has 7 heteroatoms. The first-order valence-electron chi connectivity index (χ1n) is 4.18. The molecule has 1 aromatic heterocycles. The Morgan fingerprint density at radius 2 is 2.33 bits per heavy atom. The predicted octanol–water partition coefficient (Wildman–Crippen LogP) is 0.955. The Morgan fingerprint density at radius 1 is 1.67 bits per heavy atom. The van der Waals surface area contributed by atoms with Crippen molar-refractivity contribution in [1.29, 1.82) is 0 Å². The number of aromatic nitrogens is 2. The maximum Gasteiger partial charge on any atom is 0.502 e. The van der Waals surface area contributed by atoms with Gasteiger partial charge in [0.25, 0.3) is 0 Å². The van der Waals surface area contributed by atoms with Crippen LogP contribution < -0.4 is 4.74 Å². The van der Waals surface area contributed by atoms with Gasteiger partial charge in [-0.1, -0.05) is 0 Å². The van der Waals surface area contributed by atoms with E-state index in [0.29, 0.717) is 0 Å². The first-order valence-corrected chi connectivity index (χ1v) is 4.18. The van der Waals surface area contributed by atoms with Crippen molar-refractivity contribution in [2.24, 2.45) is 7.05 Å². The van der Waals surface area contributed by atoms with Crippen molar-refractivity contribution in [1.82, 2.24) is 9.78 Å². The number of carbonyl (C=O) groups is 1. The second-order valence-electron chi connectivity index (χ2n) is 2.69. The molecule has 0 aliphatic rings. The monoisotopic (exact) mass is 220 g/mol. The fraction of sp³-hybridized carbons (Fsp3) is 0.500. The van der Waals surface area contributed by atoms with E-state index in [1.165, 1.54) is 24.9 Å². The number of hydrogen-bond donors (Lipinski definition) is 0. The minimum absolute atomic E-state index is 0.134. The van der Waals surface area contributed by atoms with Gasteiger partial charge in [-0.3, -0.25) is 4.68 Å². The fourth-order valence-electron chi connectivity index (χ4n) is 0.856. The number of aryl methyl sites for hydroxylation is 1. The van der Waals surface area contributed by atoms with E-state index in [1.54, 1.807) is 0 Å². The lowest BCUT2D eigenvalue weighted by atomic mass is 10.6. The average Bonchev–Trinajstić information content (AvgIpc) is 2.50. The van der Waals surface area contributed by atoms with Gasteiger partial charge in [0, 0.05) is 7.05 Å². The molecule has 0 atom stereocenters. The van der Waals surface area contributed by atoms with Crippen LogP contribution in [-0.4, -0.2) is 28.5 Å². The summed E-state index contributed by atoms with van der Waals surface area (Å²) in [4.78, 5) is 10.8. The van der Waals surface area contributed by atoms with Crippen LogP contribution in [0.1, 0.15) is 6.92 Å². The fourth-order valence-corrected chi connectivity index (χ4v) is 0.856. The average molecular weight is 220 g/mol. The number of hydrogen-bond acceptors (Lipinski definition) is 4. The van der Waals surface area contributed by atoms with Gasteiger partial charge >= 0.3 is 12.1 Å². The molecule has 0 saturated heterocycles. The minimum atomic E-state index is -3.99. The summed E-state index contributed by atoms with van der Waals surface area (Å²) in [6, 6.07) is 0. The molecule has 5 nitrogen and oxygen atoms in total. The lowest BCUT2D eigenvalue weighted by molar-refractivity contribution is -0.216. The molecule has 0 aromatic carbocycles. The molecule has 0 spiro atoms. The molecule has 0 aliphatic heterocycles. The van der Waals surface area contributed by atoms with Crippen LogP contribution in [0.5, 0.6) is 5.75 Å². The highest BCUT2D eigenvalue weighted by Crippen LogP contribution is 2.21. The molecule has 0 aliphatic carbocycles. The topological polar surface area (TPSA) is 53.4 Å². The Morgan fingerprint density at radius 3 is 2.80 bits per heavy atom. The minimum Gasteiger partial charge on any atom is -0.459 e. The number of ether oxygens (including phenoxy) is 2. The van der Waals surface area contributed by atoms with Crippen molar-refractivity contribution in [2.45, 2.75) is 13.0 Å². The third kappa shape index (κ3) is 2.90. The van der Waals surface area contributed by atoms with Crippen LogP contribution in [0.3, 0.4) is 0 Å². The number of halogens is 2. The summed E-state index contributed by atoms with van der Waals surface area (Å²) in [6.07, 6.45) is -1.70. The molecule has 0 radical (unpaired) electrons. The van der Waals surface area contributed by atoms with E-state index < -0.39 is 12.1 Å². The Labute approximate surface area is 84.6 Å². The van der Waals surface area contributed by atoms with Crippen LogP contribution in [0.4, 0.5) is 8.78 Å². The highest BCUT2D eigenvalue weighted by molar-refractivity contribution is 5.76. The van der Waals surface area contributed by atoms with Gasteiger partial charge in [0.15, 0.2) is 5.75 Å². The predicted molar refractivity (Wildman–Crippen MR) is 45.4 cm³/mol. The molecule has 0 amide bonds. The van der Waals surface area contributed by atoms with Crippen molar-refractivity contribution in [3.8, 4) is 5.75 Å². The molecular weight excluding hydrogens is 210 g/mol. The second kappa shape index (κ2) is 4.24. The van der Waals surface area contributed by atoms with E-state index in [2.05, 4.69) is 14.6 Å². The zero-order chi connectivity index (χ0) is 11.5. The van der Waals surface area contributed by atoms with Gasteiger partial charge in [0.1, 0.15) is 0 Å². The summed E-state index contributed by atoms with van der Waals surface area (Å²) in [7, 11) is 1.54. The van der Waals surface area contributed by atoms with E-state index in [-0.39, 0.29) is 12.4 Å². The van der Waals surface area contributed by atoms with Crippen LogP contribution in [0, 0.1) is 0 Å². The maximum atomic E-state index is 13.0. The quantitative estimate of drug-likeness (QED) is 0.709. The Bertz CT molecular complexity index is 351. The summed E-state index contributed by atoms with van der Waals surface area (Å²) < 4.78 is 35.5. The van der Waals surface area contributed by atoms with Crippen LogP contribution in [0.15, 0.2) is 12.4 Å². The van der Waals surface area contributed by atoms with Gasteiger partial charge in [0.2, 0.25) is 0 Å². The van der Waals surface area contributed by atoms with E-state index in [4.69, 9.17) is 0 Å². The largest absolute Gasteiger partial charge is 0.502 e. The van der Waals surface area contributed by atoms with Crippen molar-refractivity contribution < 1.29 is 23.0 Å². The highest BCUT2D eigenvalue weighted by atomic mass is 19.3. The van der Waals surface area contributed by atoms with Crippen LogP contribution in [0.25, 0.3) is 0 Å². The molecule has 15 heavy (non-hydrogen) atoms. The Kier molecular flexibility index (Phi) is 3.23. The number of alkyl halides is 2. The van der Waals surface area contributed by atoms with Gasteiger partial charge in [-0.25, -0.2) is 4.79 Å². The lowest BCUT2D eigenvalue weighted by Crippen LogP contribution is -2.36. The molecule has 0 saturated carbocycles. The zero-order valence-corrected chi connectivity index (χ0v) is 8.24. The van der Waals surface area contributed by atoms with Gasteiger partial charge < -0.3 is 9.47 Å². The van der Waals surface area contributed by atoms with Crippen LogP contribution in [0.2, 0.25) is 0 Å². The van der Waals surface area contributed by atoms with Gasteiger partial charge in [-0.05, 0) is 6.92 Å². The molecule has 0 fully saturated rings. The molecule has 1 heterocycles. The lowest BCUT2D eigenvalue weighted by Gasteiger charge is -2.14. The van der Waals surface area contributed by atoms with Crippen LogP contribution in [-0.2, 0) is 16.6 Å². The summed E-state index contributed by atoms with van der Waals surface area (Å²) in [5.74, 6) is -1.91. The van der Waals surface area contributed by atoms with Crippen LogP contribution >= 0.6 is 0 Å². The van der Waals surface area contributed by atoms with Crippen molar-refractivity contribution in [3.05, 3.63) is 12.4 Å². The normalized spacial score (nSPS) is 11.2. The first-order chi connectivity index (χ1) is 6.95. The van der Waals surface area contributed by atoms with Gasteiger partial charge in [-0.15, -0.1) is 0 Å². The summed E-state index contributed by atoms with van der Waals surface area (Å²) in [6.45, 7) is 1.29. The molecular formula is C8H10F2N2O3.